The predicted molar refractivity (Wildman–Crippen MR) is 110 cm³/mol. The van der Waals surface area contributed by atoms with Crippen molar-refractivity contribution >= 4 is 17.5 Å². The van der Waals surface area contributed by atoms with E-state index in [0.717, 1.165) is 11.3 Å². The Morgan fingerprint density at radius 1 is 1.00 bits per heavy atom. The van der Waals surface area contributed by atoms with Crippen molar-refractivity contribution in [3.8, 4) is 17.0 Å². The van der Waals surface area contributed by atoms with Gasteiger partial charge >= 0.3 is 5.97 Å². The first-order valence-corrected chi connectivity index (χ1v) is 9.35. The van der Waals surface area contributed by atoms with Crippen LogP contribution in [0.3, 0.4) is 0 Å². The third kappa shape index (κ3) is 4.02. The van der Waals surface area contributed by atoms with Crippen LogP contribution in [0.25, 0.3) is 16.9 Å². The largest absolute Gasteiger partial charge is 0.426 e. The van der Waals surface area contributed by atoms with Crippen molar-refractivity contribution < 1.29 is 14.3 Å². The number of rotatable bonds is 5. The summed E-state index contributed by atoms with van der Waals surface area (Å²) in [4.78, 5) is 23.9. The highest BCUT2D eigenvalue weighted by molar-refractivity contribution is 5.97. The number of fused-ring (bicyclic) bond motifs is 1. The summed E-state index contributed by atoms with van der Waals surface area (Å²) in [6.45, 7) is 3.42. The van der Waals surface area contributed by atoms with Gasteiger partial charge in [-0.15, -0.1) is 10.2 Å². The molecule has 8 heteroatoms. The van der Waals surface area contributed by atoms with Gasteiger partial charge in [0, 0.05) is 12.5 Å². The van der Waals surface area contributed by atoms with Crippen molar-refractivity contribution in [3.63, 3.8) is 0 Å². The lowest BCUT2D eigenvalue weighted by molar-refractivity contribution is -0.131. The Bertz CT molecular complexity index is 1230. The van der Waals surface area contributed by atoms with Crippen molar-refractivity contribution in [2.45, 2.75) is 20.4 Å². The summed E-state index contributed by atoms with van der Waals surface area (Å²) in [7, 11) is 0. The number of benzene rings is 2. The van der Waals surface area contributed by atoms with E-state index in [1.165, 1.54) is 12.5 Å². The molecule has 0 radical (unpaired) electrons. The minimum Gasteiger partial charge on any atom is -0.426 e. The number of carbonyl (C=O) groups is 2. The summed E-state index contributed by atoms with van der Waals surface area (Å²) >= 11 is 0. The summed E-state index contributed by atoms with van der Waals surface area (Å²) in [5.41, 5.74) is 3.75. The van der Waals surface area contributed by atoms with E-state index in [1.54, 1.807) is 28.8 Å². The maximum absolute atomic E-state index is 12.6. The van der Waals surface area contributed by atoms with Gasteiger partial charge < -0.3 is 10.1 Å². The van der Waals surface area contributed by atoms with Crippen LogP contribution >= 0.6 is 0 Å². The zero-order chi connectivity index (χ0) is 21.1. The first kappa shape index (κ1) is 19.3. The molecular weight excluding hydrogens is 382 g/mol. The highest BCUT2D eigenvalue weighted by Gasteiger charge is 2.15. The number of amides is 1. The Kier molecular flexibility index (Phi) is 5.21. The van der Waals surface area contributed by atoms with Crippen LogP contribution in [0, 0.1) is 6.92 Å². The normalized spacial score (nSPS) is 10.7. The minimum absolute atomic E-state index is 0.110. The first-order valence-electron chi connectivity index (χ1n) is 9.35. The molecular formula is C22H19N5O3. The van der Waals surface area contributed by atoms with Crippen LogP contribution in [-0.2, 0) is 11.3 Å². The van der Waals surface area contributed by atoms with E-state index < -0.39 is 11.9 Å². The lowest BCUT2D eigenvalue weighted by atomic mass is 10.1. The Morgan fingerprint density at radius 2 is 1.77 bits per heavy atom. The maximum Gasteiger partial charge on any atom is 0.308 e. The lowest BCUT2D eigenvalue weighted by Crippen LogP contribution is -2.25. The highest BCUT2D eigenvalue weighted by Crippen LogP contribution is 2.19. The Morgan fingerprint density at radius 3 is 2.53 bits per heavy atom. The fourth-order valence-corrected chi connectivity index (χ4v) is 2.97. The van der Waals surface area contributed by atoms with Crippen molar-refractivity contribution in [3.05, 3.63) is 77.6 Å². The van der Waals surface area contributed by atoms with Crippen molar-refractivity contribution in [1.29, 1.82) is 0 Å². The predicted octanol–water partition coefficient (Wildman–Crippen LogP) is 2.96. The highest BCUT2D eigenvalue weighted by atomic mass is 16.5. The third-order valence-electron chi connectivity index (χ3n) is 4.47. The van der Waals surface area contributed by atoms with Gasteiger partial charge in [-0.05, 0) is 31.2 Å². The van der Waals surface area contributed by atoms with Gasteiger partial charge in [0.1, 0.15) is 5.75 Å². The van der Waals surface area contributed by atoms with Crippen LogP contribution in [0.5, 0.6) is 5.75 Å². The summed E-state index contributed by atoms with van der Waals surface area (Å²) in [6.07, 6.45) is 0. The van der Waals surface area contributed by atoms with E-state index in [2.05, 4.69) is 20.6 Å². The summed E-state index contributed by atoms with van der Waals surface area (Å²) in [6, 6.07) is 18.3. The van der Waals surface area contributed by atoms with Crippen molar-refractivity contribution in [1.82, 2.24) is 25.1 Å². The number of hydrogen-bond donors (Lipinski definition) is 1. The summed E-state index contributed by atoms with van der Waals surface area (Å²) in [5, 5.41) is 15.6. The second kappa shape index (κ2) is 8.12. The van der Waals surface area contributed by atoms with Crippen molar-refractivity contribution in [2.75, 3.05) is 0 Å². The molecule has 0 aliphatic rings. The average molecular weight is 401 g/mol. The molecule has 0 aliphatic carbocycles. The summed E-state index contributed by atoms with van der Waals surface area (Å²) < 4.78 is 6.71. The third-order valence-corrected chi connectivity index (χ3v) is 4.47. The molecule has 150 valence electrons. The fraction of sp³-hybridized carbons (Fsp3) is 0.136. The van der Waals surface area contributed by atoms with Crippen LogP contribution in [0.2, 0.25) is 0 Å². The van der Waals surface area contributed by atoms with E-state index >= 15 is 0 Å². The molecule has 0 saturated heterocycles. The fourth-order valence-electron chi connectivity index (χ4n) is 2.97. The number of nitrogens with one attached hydrogen (secondary N) is 1. The number of hydrogen-bond acceptors (Lipinski definition) is 6. The molecule has 2 aromatic carbocycles. The van der Waals surface area contributed by atoms with Crippen molar-refractivity contribution in [2.24, 2.45) is 0 Å². The molecule has 0 bridgehead atoms. The molecule has 0 fully saturated rings. The standard InChI is InChI=1S/C22H19N5O3/c1-14-7-9-16(10-8-14)18-11-12-20-24-25-21(27(20)26-18)13-23-22(29)17-5-3-4-6-19(17)30-15(2)28/h3-12H,13H2,1-2H3,(H,23,29). The number of para-hydroxylation sites is 1. The van der Waals surface area contributed by atoms with Crippen LogP contribution < -0.4 is 10.1 Å². The van der Waals surface area contributed by atoms with Crippen LogP contribution in [0.1, 0.15) is 28.7 Å². The van der Waals surface area contributed by atoms with Gasteiger partial charge in [0.2, 0.25) is 0 Å². The van der Waals surface area contributed by atoms with Gasteiger partial charge in [-0.1, -0.05) is 42.0 Å². The minimum atomic E-state index is -0.494. The van der Waals surface area contributed by atoms with E-state index in [-0.39, 0.29) is 17.9 Å². The smallest absolute Gasteiger partial charge is 0.308 e. The van der Waals surface area contributed by atoms with Crippen LogP contribution in [0.15, 0.2) is 60.7 Å². The van der Waals surface area contributed by atoms with Gasteiger partial charge in [-0.25, -0.2) is 0 Å². The molecule has 0 spiro atoms. The molecule has 1 amide bonds. The molecule has 2 heterocycles. The molecule has 0 atom stereocenters. The van der Waals surface area contributed by atoms with E-state index in [4.69, 9.17) is 4.74 Å². The van der Waals surface area contributed by atoms with Gasteiger partial charge in [0.25, 0.3) is 5.91 Å². The van der Waals surface area contributed by atoms with Gasteiger partial charge in [0.05, 0.1) is 17.8 Å². The summed E-state index contributed by atoms with van der Waals surface area (Å²) in [5.74, 6) is -0.199. The molecule has 8 nitrogen and oxygen atoms in total. The Hall–Kier alpha value is -4.07. The molecule has 0 saturated carbocycles. The number of ether oxygens (including phenoxy) is 1. The maximum atomic E-state index is 12.6. The number of esters is 1. The Labute approximate surface area is 172 Å². The number of carbonyl (C=O) groups excluding carboxylic acids is 2. The number of aryl methyl sites for hydroxylation is 1. The molecule has 2 aromatic heterocycles. The van der Waals surface area contributed by atoms with Crippen LogP contribution in [0.4, 0.5) is 0 Å². The lowest BCUT2D eigenvalue weighted by Gasteiger charge is -2.09. The van der Waals surface area contributed by atoms with Gasteiger partial charge in [0.15, 0.2) is 11.5 Å². The molecule has 4 rings (SSSR count). The number of aromatic nitrogens is 4. The van der Waals surface area contributed by atoms with E-state index in [1.807, 2.05) is 43.3 Å². The molecule has 30 heavy (non-hydrogen) atoms. The Balaban J connectivity index is 1.56. The molecule has 0 aliphatic heterocycles. The molecule has 0 unspecified atom stereocenters. The SMILES string of the molecule is CC(=O)Oc1ccccc1C(=O)NCc1nnc2ccc(-c3ccc(C)cc3)nn12. The second-order valence-corrected chi connectivity index (χ2v) is 6.74. The number of nitrogens with zero attached hydrogens (tertiary/aromatic N) is 4. The second-order valence-electron chi connectivity index (χ2n) is 6.74. The quantitative estimate of drug-likeness (QED) is 0.408. The van der Waals surface area contributed by atoms with E-state index in [9.17, 15) is 9.59 Å². The topological polar surface area (TPSA) is 98.5 Å². The molecule has 4 aromatic rings. The van der Waals surface area contributed by atoms with E-state index in [0.29, 0.717) is 11.5 Å². The zero-order valence-electron chi connectivity index (χ0n) is 16.5. The average Bonchev–Trinajstić information content (AvgIpc) is 3.15. The van der Waals surface area contributed by atoms with Gasteiger partial charge in [-0.2, -0.15) is 9.61 Å². The van der Waals surface area contributed by atoms with Gasteiger partial charge in [-0.3, -0.25) is 9.59 Å². The zero-order valence-corrected chi connectivity index (χ0v) is 16.5. The first-order chi connectivity index (χ1) is 14.5. The van der Waals surface area contributed by atoms with Crippen LogP contribution in [-0.4, -0.2) is 31.7 Å². The monoisotopic (exact) mass is 401 g/mol. The molecule has 1 N–H and O–H groups in total.